The van der Waals surface area contributed by atoms with Crippen molar-refractivity contribution < 1.29 is 13.9 Å². The summed E-state index contributed by atoms with van der Waals surface area (Å²) in [6.45, 7) is 3.88. The van der Waals surface area contributed by atoms with Gasteiger partial charge in [-0.25, -0.2) is 4.39 Å². The second kappa shape index (κ2) is 6.59. The number of benzene rings is 2. The summed E-state index contributed by atoms with van der Waals surface area (Å²) in [6.07, 6.45) is 1.96. The van der Waals surface area contributed by atoms with Crippen LogP contribution in [0, 0.1) is 5.82 Å². The lowest BCUT2D eigenvalue weighted by Crippen LogP contribution is -2.42. The van der Waals surface area contributed by atoms with Crippen LogP contribution in [-0.4, -0.2) is 18.0 Å². The van der Waals surface area contributed by atoms with E-state index in [0.29, 0.717) is 5.52 Å². The number of aromatic amines is 1. The Morgan fingerprint density at radius 1 is 1.24 bits per heavy atom. The van der Waals surface area contributed by atoms with Gasteiger partial charge in [0.05, 0.1) is 19.1 Å². The van der Waals surface area contributed by atoms with Gasteiger partial charge in [-0.2, -0.15) is 0 Å². The van der Waals surface area contributed by atoms with Gasteiger partial charge in [0.25, 0.3) is 0 Å². The minimum atomic E-state index is -0.581. The molecule has 0 saturated heterocycles. The summed E-state index contributed by atoms with van der Waals surface area (Å²) in [6, 6.07) is 12.1. The van der Waals surface area contributed by atoms with Crippen LogP contribution in [0.3, 0.4) is 0 Å². The van der Waals surface area contributed by atoms with Gasteiger partial charge in [0.2, 0.25) is 5.91 Å². The topological polar surface area (TPSA) is 54.1 Å². The third-order valence-electron chi connectivity index (χ3n) is 4.31. The van der Waals surface area contributed by atoms with Crippen molar-refractivity contribution in [3.63, 3.8) is 0 Å². The van der Waals surface area contributed by atoms with Crippen LogP contribution in [-0.2, 0) is 16.8 Å². The van der Waals surface area contributed by atoms with Gasteiger partial charge in [-0.1, -0.05) is 18.2 Å². The number of H-pyrrole nitrogens is 1. The van der Waals surface area contributed by atoms with Crippen LogP contribution in [0.2, 0.25) is 0 Å². The van der Waals surface area contributed by atoms with Gasteiger partial charge < -0.3 is 15.0 Å². The van der Waals surface area contributed by atoms with E-state index >= 15 is 0 Å². The van der Waals surface area contributed by atoms with E-state index in [1.807, 2.05) is 38.1 Å². The number of ether oxygens (including phenoxy) is 1. The second-order valence-corrected chi connectivity index (χ2v) is 6.55. The zero-order valence-electron chi connectivity index (χ0n) is 14.5. The van der Waals surface area contributed by atoms with E-state index < -0.39 is 5.54 Å². The molecule has 0 atom stereocenters. The number of nitrogens with one attached hydrogen (secondary N) is 2. The van der Waals surface area contributed by atoms with E-state index in [2.05, 4.69) is 10.3 Å². The Balaban J connectivity index is 1.79. The molecule has 0 aliphatic heterocycles. The number of para-hydroxylation sites is 1. The smallest absolute Gasteiger partial charge is 0.225 e. The number of carbonyl (C=O) groups is 1. The lowest BCUT2D eigenvalue weighted by molar-refractivity contribution is -0.122. The zero-order chi connectivity index (χ0) is 18.0. The largest absolute Gasteiger partial charge is 0.496 e. The molecule has 1 heterocycles. The normalized spacial score (nSPS) is 11.5. The Morgan fingerprint density at radius 2 is 2.00 bits per heavy atom. The lowest BCUT2D eigenvalue weighted by Gasteiger charge is -2.28. The van der Waals surface area contributed by atoms with Crippen molar-refractivity contribution in [2.75, 3.05) is 7.11 Å². The van der Waals surface area contributed by atoms with Gasteiger partial charge in [0.15, 0.2) is 0 Å². The third kappa shape index (κ3) is 3.50. The van der Waals surface area contributed by atoms with Crippen molar-refractivity contribution in [3.8, 4) is 5.75 Å². The first-order valence-electron chi connectivity index (χ1n) is 8.11. The predicted molar refractivity (Wildman–Crippen MR) is 96.1 cm³/mol. The number of carbonyl (C=O) groups excluding carboxylic acids is 1. The second-order valence-electron chi connectivity index (χ2n) is 6.55. The highest BCUT2D eigenvalue weighted by molar-refractivity contribution is 5.89. The molecule has 3 rings (SSSR count). The molecule has 0 fully saturated rings. The average Bonchev–Trinajstić information content (AvgIpc) is 2.96. The highest BCUT2D eigenvalue weighted by Crippen LogP contribution is 2.29. The summed E-state index contributed by atoms with van der Waals surface area (Å²) in [4.78, 5) is 15.6. The van der Waals surface area contributed by atoms with E-state index in [9.17, 15) is 9.18 Å². The van der Waals surface area contributed by atoms with Crippen molar-refractivity contribution >= 4 is 16.8 Å². The fraction of sp³-hybridized carbons (Fsp3) is 0.250. The molecule has 2 aromatic carbocycles. The highest BCUT2D eigenvalue weighted by atomic mass is 19.1. The summed E-state index contributed by atoms with van der Waals surface area (Å²) < 4.78 is 18.7. The number of methoxy groups -OCH3 is 1. The number of hydrogen-bond acceptors (Lipinski definition) is 2. The summed E-state index contributed by atoms with van der Waals surface area (Å²) >= 11 is 0. The van der Waals surface area contributed by atoms with E-state index in [-0.39, 0.29) is 18.1 Å². The standard InChI is InChI=1S/C20H21FN2O2/c1-20(2,16-6-4-5-7-18(16)25-3)23-19(24)10-13-12-22-17-11-14(21)8-9-15(13)17/h4-9,11-12,22H,10H2,1-3H3,(H,23,24). The van der Waals surface area contributed by atoms with Gasteiger partial charge in [0, 0.05) is 22.7 Å². The molecular formula is C20H21FN2O2. The van der Waals surface area contributed by atoms with Gasteiger partial charge in [-0.05, 0) is 43.7 Å². The molecule has 130 valence electrons. The molecule has 1 aromatic heterocycles. The third-order valence-corrected chi connectivity index (χ3v) is 4.31. The minimum Gasteiger partial charge on any atom is -0.496 e. The Hall–Kier alpha value is -2.82. The zero-order valence-corrected chi connectivity index (χ0v) is 14.5. The molecule has 4 nitrogen and oxygen atoms in total. The Kier molecular flexibility index (Phi) is 4.49. The Bertz CT molecular complexity index is 915. The van der Waals surface area contributed by atoms with Crippen LogP contribution in [0.15, 0.2) is 48.7 Å². The molecule has 1 amide bonds. The first-order valence-corrected chi connectivity index (χ1v) is 8.11. The molecule has 0 radical (unpaired) electrons. The van der Waals surface area contributed by atoms with Gasteiger partial charge >= 0.3 is 0 Å². The minimum absolute atomic E-state index is 0.110. The fourth-order valence-electron chi connectivity index (χ4n) is 3.10. The Labute approximate surface area is 146 Å². The number of hydrogen-bond donors (Lipinski definition) is 2. The monoisotopic (exact) mass is 340 g/mol. The maximum atomic E-state index is 13.3. The molecular weight excluding hydrogens is 319 g/mol. The number of halogens is 1. The molecule has 2 N–H and O–H groups in total. The first kappa shape index (κ1) is 17.0. The molecule has 25 heavy (non-hydrogen) atoms. The summed E-state index contributed by atoms with van der Waals surface area (Å²) in [5.74, 6) is 0.319. The summed E-state index contributed by atoms with van der Waals surface area (Å²) in [5, 5.41) is 3.91. The average molecular weight is 340 g/mol. The molecule has 0 unspecified atom stereocenters. The van der Waals surface area contributed by atoms with E-state index in [4.69, 9.17) is 4.74 Å². The number of aromatic nitrogens is 1. The van der Waals surface area contributed by atoms with Crippen LogP contribution in [0.4, 0.5) is 4.39 Å². The number of fused-ring (bicyclic) bond motifs is 1. The summed E-state index contributed by atoms with van der Waals surface area (Å²) in [7, 11) is 1.61. The van der Waals surface area contributed by atoms with E-state index in [0.717, 1.165) is 22.3 Å². The molecule has 0 aliphatic rings. The molecule has 0 bridgehead atoms. The first-order chi connectivity index (χ1) is 11.9. The van der Waals surface area contributed by atoms with Crippen molar-refractivity contribution in [1.82, 2.24) is 10.3 Å². The van der Waals surface area contributed by atoms with Crippen molar-refractivity contribution in [1.29, 1.82) is 0 Å². The maximum absolute atomic E-state index is 13.3. The van der Waals surface area contributed by atoms with Crippen molar-refractivity contribution in [3.05, 3.63) is 65.6 Å². The molecule has 0 spiro atoms. The molecule has 0 saturated carbocycles. The molecule has 5 heteroatoms. The van der Waals surface area contributed by atoms with E-state index in [1.54, 1.807) is 19.4 Å². The number of rotatable bonds is 5. The SMILES string of the molecule is COc1ccccc1C(C)(C)NC(=O)Cc1c[nH]c2cc(F)ccc12. The maximum Gasteiger partial charge on any atom is 0.225 e. The van der Waals surface area contributed by atoms with Gasteiger partial charge in [-0.15, -0.1) is 0 Å². The van der Waals surface area contributed by atoms with Crippen LogP contribution in [0.1, 0.15) is 25.0 Å². The predicted octanol–water partition coefficient (Wildman–Crippen LogP) is 3.91. The van der Waals surface area contributed by atoms with Gasteiger partial charge in [-0.3, -0.25) is 4.79 Å². The van der Waals surface area contributed by atoms with Gasteiger partial charge in [0.1, 0.15) is 11.6 Å². The van der Waals surface area contributed by atoms with Crippen LogP contribution < -0.4 is 10.1 Å². The van der Waals surface area contributed by atoms with Crippen LogP contribution >= 0.6 is 0 Å². The van der Waals surface area contributed by atoms with Crippen LogP contribution in [0.25, 0.3) is 10.9 Å². The summed E-state index contributed by atoms with van der Waals surface area (Å²) in [5.41, 5.74) is 1.85. The molecule has 0 aliphatic carbocycles. The number of amides is 1. The van der Waals surface area contributed by atoms with Crippen molar-refractivity contribution in [2.45, 2.75) is 25.8 Å². The van der Waals surface area contributed by atoms with E-state index in [1.165, 1.54) is 12.1 Å². The fourth-order valence-corrected chi connectivity index (χ4v) is 3.10. The quantitative estimate of drug-likeness (QED) is 0.740. The molecule has 3 aromatic rings. The van der Waals surface area contributed by atoms with Crippen LogP contribution in [0.5, 0.6) is 5.75 Å². The highest BCUT2D eigenvalue weighted by Gasteiger charge is 2.26. The van der Waals surface area contributed by atoms with Crippen molar-refractivity contribution in [2.24, 2.45) is 0 Å². The lowest BCUT2D eigenvalue weighted by atomic mass is 9.93. The Morgan fingerprint density at radius 3 is 2.76 bits per heavy atom.